The van der Waals surface area contributed by atoms with Gasteiger partial charge in [0.1, 0.15) is 21.4 Å². The van der Waals surface area contributed by atoms with Gasteiger partial charge in [0.15, 0.2) is 0 Å². The van der Waals surface area contributed by atoms with Crippen LogP contribution in [0.25, 0.3) is 0 Å². The molecule has 0 saturated carbocycles. The highest BCUT2D eigenvalue weighted by molar-refractivity contribution is 7.90. The van der Waals surface area contributed by atoms with Gasteiger partial charge in [0.2, 0.25) is 11.8 Å². The molecule has 0 spiro atoms. The number of carbonyl (C=O) groups is 2. The molecule has 116 valence electrons. The summed E-state index contributed by atoms with van der Waals surface area (Å²) < 4.78 is 22.7. The summed E-state index contributed by atoms with van der Waals surface area (Å²) in [4.78, 5) is 26.1. The highest BCUT2D eigenvalue weighted by atomic mass is 32.2. The molecule has 6 nitrogen and oxygen atoms in total. The Kier molecular flexibility index (Phi) is 4.84. The van der Waals surface area contributed by atoms with E-state index in [4.69, 9.17) is 0 Å². The largest absolute Gasteiger partial charge is 0.340 e. The van der Waals surface area contributed by atoms with Crippen LogP contribution in [0, 0.1) is 5.92 Å². The van der Waals surface area contributed by atoms with Gasteiger partial charge in [0, 0.05) is 12.8 Å². The maximum Gasteiger partial charge on any atom is 0.248 e. The highest BCUT2D eigenvalue weighted by Crippen LogP contribution is 2.24. The molecule has 0 aromatic heterocycles. The fraction of sp³-hybridized carbons (Fsp3) is 0.846. The number of hydrogen-bond acceptors (Lipinski definition) is 4. The molecule has 2 atom stereocenters. The Morgan fingerprint density at radius 1 is 1.35 bits per heavy atom. The highest BCUT2D eigenvalue weighted by Gasteiger charge is 2.46. The van der Waals surface area contributed by atoms with E-state index in [1.165, 1.54) is 4.90 Å². The zero-order chi connectivity index (χ0) is 15.7. The summed E-state index contributed by atoms with van der Waals surface area (Å²) in [5, 5.41) is 2.72. The third-order valence-corrected chi connectivity index (χ3v) is 4.65. The zero-order valence-electron chi connectivity index (χ0n) is 12.8. The van der Waals surface area contributed by atoms with Crippen LogP contribution < -0.4 is 5.32 Å². The number of nitrogens with one attached hydrogen (secondary N) is 1. The van der Waals surface area contributed by atoms with Crippen LogP contribution >= 0.6 is 0 Å². The predicted molar refractivity (Wildman–Crippen MR) is 76.9 cm³/mol. The lowest BCUT2D eigenvalue weighted by Crippen LogP contribution is -2.69. The van der Waals surface area contributed by atoms with E-state index in [-0.39, 0.29) is 30.0 Å². The SMILES string of the molecule is CCC(C)C1C(=O)NC(C)(C)C(=O)N1CCS(C)(=O)=O. The van der Waals surface area contributed by atoms with Gasteiger partial charge in [-0.15, -0.1) is 0 Å². The Morgan fingerprint density at radius 2 is 1.90 bits per heavy atom. The van der Waals surface area contributed by atoms with Crippen molar-refractivity contribution in [3.8, 4) is 0 Å². The summed E-state index contributed by atoms with van der Waals surface area (Å²) in [6.45, 7) is 7.16. The van der Waals surface area contributed by atoms with Crippen LogP contribution in [0.3, 0.4) is 0 Å². The third-order valence-electron chi connectivity index (χ3n) is 3.72. The molecule has 0 aromatic rings. The Hall–Kier alpha value is -1.11. The second-order valence-electron chi connectivity index (χ2n) is 6.07. The minimum Gasteiger partial charge on any atom is -0.340 e. The lowest BCUT2D eigenvalue weighted by molar-refractivity contribution is -0.155. The average molecular weight is 304 g/mol. The third kappa shape index (κ3) is 3.71. The molecule has 1 aliphatic rings. The summed E-state index contributed by atoms with van der Waals surface area (Å²) >= 11 is 0. The molecule has 1 rings (SSSR count). The Morgan fingerprint density at radius 3 is 2.35 bits per heavy atom. The van der Waals surface area contributed by atoms with Crippen molar-refractivity contribution in [2.75, 3.05) is 18.6 Å². The minimum absolute atomic E-state index is 0.0189. The van der Waals surface area contributed by atoms with E-state index in [1.807, 2.05) is 13.8 Å². The molecular formula is C13H24N2O4S. The summed E-state index contributed by atoms with van der Waals surface area (Å²) in [5.74, 6) is -0.590. The van der Waals surface area contributed by atoms with E-state index in [0.29, 0.717) is 0 Å². The fourth-order valence-corrected chi connectivity index (χ4v) is 2.88. The molecule has 1 heterocycles. The predicted octanol–water partition coefficient (Wildman–Crippen LogP) is 0.183. The molecule has 0 aliphatic carbocycles. The Bertz CT molecular complexity index is 499. The van der Waals surface area contributed by atoms with Crippen molar-refractivity contribution < 1.29 is 18.0 Å². The van der Waals surface area contributed by atoms with Crippen LogP contribution in [-0.4, -0.2) is 55.3 Å². The number of rotatable bonds is 5. The van der Waals surface area contributed by atoms with E-state index in [1.54, 1.807) is 13.8 Å². The van der Waals surface area contributed by atoms with Crippen molar-refractivity contribution in [1.29, 1.82) is 0 Å². The first-order valence-corrected chi connectivity index (χ1v) is 8.86. The zero-order valence-corrected chi connectivity index (χ0v) is 13.6. The quantitative estimate of drug-likeness (QED) is 0.785. The Balaban J connectivity index is 3.06. The van der Waals surface area contributed by atoms with Crippen molar-refractivity contribution in [3.63, 3.8) is 0 Å². The first-order chi connectivity index (χ1) is 8.99. The van der Waals surface area contributed by atoms with Gasteiger partial charge in [0.25, 0.3) is 0 Å². The van der Waals surface area contributed by atoms with Crippen molar-refractivity contribution in [2.45, 2.75) is 45.7 Å². The number of amides is 2. The van der Waals surface area contributed by atoms with Crippen LogP contribution in [0.1, 0.15) is 34.1 Å². The van der Waals surface area contributed by atoms with Crippen LogP contribution in [0.2, 0.25) is 0 Å². The fourth-order valence-electron chi connectivity index (χ4n) is 2.36. The Labute approximate surface area is 120 Å². The molecule has 20 heavy (non-hydrogen) atoms. The normalized spacial score (nSPS) is 24.4. The van der Waals surface area contributed by atoms with Crippen LogP contribution in [-0.2, 0) is 19.4 Å². The van der Waals surface area contributed by atoms with Gasteiger partial charge >= 0.3 is 0 Å². The number of hydrogen-bond donors (Lipinski definition) is 1. The molecule has 1 N–H and O–H groups in total. The van der Waals surface area contributed by atoms with Gasteiger partial charge in [-0.3, -0.25) is 9.59 Å². The monoisotopic (exact) mass is 304 g/mol. The molecule has 1 saturated heterocycles. The van der Waals surface area contributed by atoms with Crippen LogP contribution in [0.15, 0.2) is 0 Å². The van der Waals surface area contributed by atoms with E-state index < -0.39 is 21.4 Å². The lowest BCUT2D eigenvalue weighted by atomic mass is 9.89. The van der Waals surface area contributed by atoms with E-state index in [0.717, 1.165) is 12.7 Å². The topological polar surface area (TPSA) is 83.6 Å². The standard InChI is InChI=1S/C13H24N2O4S/c1-6-9(2)10-11(16)14-13(3,4)12(17)15(10)7-8-20(5,18)19/h9-10H,6-8H2,1-5H3,(H,14,16). The minimum atomic E-state index is -3.18. The molecular weight excluding hydrogens is 280 g/mol. The number of carbonyl (C=O) groups excluding carboxylic acids is 2. The van der Waals surface area contributed by atoms with Crippen molar-refractivity contribution in [1.82, 2.24) is 10.2 Å². The second-order valence-corrected chi connectivity index (χ2v) is 8.33. The van der Waals surface area contributed by atoms with Gasteiger partial charge in [-0.1, -0.05) is 20.3 Å². The molecule has 7 heteroatoms. The molecule has 0 bridgehead atoms. The molecule has 2 amide bonds. The van der Waals surface area contributed by atoms with Crippen molar-refractivity contribution in [3.05, 3.63) is 0 Å². The summed E-state index contributed by atoms with van der Waals surface area (Å²) in [7, 11) is -3.18. The maximum absolute atomic E-state index is 12.5. The van der Waals surface area contributed by atoms with Crippen LogP contribution in [0.5, 0.6) is 0 Å². The van der Waals surface area contributed by atoms with Gasteiger partial charge in [-0.05, 0) is 19.8 Å². The summed E-state index contributed by atoms with van der Waals surface area (Å²) in [5.41, 5.74) is -0.988. The van der Waals surface area contributed by atoms with Crippen LogP contribution in [0.4, 0.5) is 0 Å². The second kappa shape index (κ2) is 5.71. The average Bonchev–Trinajstić information content (AvgIpc) is 2.29. The van der Waals surface area contributed by atoms with Gasteiger partial charge < -0.3 is 10.2 Å². The molecule has 1 aliphatic heterocycles. The first-order valence-electron chi connectivity index (χ1n) is 6.80. The van der Waals surface area contributed by atoms with Crippen molar-refractivity contribution in [2.24, 2.45) is 5.92 Å². The number of piperazine rings is 1. The van der Waals surface area contributed by atoms with Gasteiger partial charge in [-0.2, -0.15) is 0 Å². The first kappa shape index (κ1) is 16.9. The smallest absolute Gasteiger partial charge is 0.248 e. The lowest BCUT2D eigenvalue weighted by Gasteiger charge is -2.44. The molecule has 0 aromatic carbocycles. The summed E-state index contributed by atoms with van der Waals surface area (Å²) in [6.07, 6.45) is 1.87. The van der Waals surface area contributed by atoms with Gasteiger partial charge in [-0.25, -0.2) is 8.42 Å². The van der Waals surface area contributed by atoms with Crippen molar-refractivity contribution >= 4 is 21.7 Å². The van der Waals surface area contributed by atoms with E-state index in [2.05, 4.69) is 5.32 Å². The number of sulfone groups is 1. The maximum atomic E-state index is 12.5. The molecule has 1 fully saturated rings. The molecule has 0 radical (unpaired) electrons. The molecule has 2 unspecified atom stereocenters. The van der Waals surface area contributed by atoms with Gasteiger partial charge in [0.05, 0.1) is 5.75 Å². The van der Waals surface area contributed by atoms with E-state index in [9.17, 15) is 18.0 Å². The summed E-state index contributed by atoms with van der Waals surface area (Å²) in [6, 6.07) is -0.595. The number of nitrogens with zero attached hydrogens (tertiary/aromatic N) is 1. The van der Waals surface area contributed by atoms with E-state index >= 15 is 0 Å².